The lowest BCUT2D eigenvalue weighted by atomic mass is 10.1. The van der Waals surface area contributed by atoms with Gasteiger partial charge in [0, 0.05) is 37.2 Å². The molecule has 0 aliphatic heterocycles. The quantitative estimate of drug-likeness (QED) is 0.721. The van der Waals surface area contributed by atoms with Crippen LogP contribution in [-0.4, -0.2) is 41.2 Å². The molecule has 2 heterocycles. The molecule has 1 aromatic carbocycles. The number of H-pyrrole nitrogens is 1. The zero-order valence-corrected chi connectivity index (χ0v) is 14.0. The van der Waals surface area contributed by atoms with E-state index in [2.05, 4.69) is 15.2 Å². The number of rotatable bonds is 5. The number of pyridine rings is 1. The van der Waals surface area contributed by atoms with E-state index in [0.29, 0.717) is 29.7 Å². The molecule has 0 aliphatic carbocycles. The van der Waals surface area contributed by atoms with E-state index in [1.54, 1.807) is 37.5 Å². The van der Waals surface area contributed by atoms with Crippen LogP contribution in [-0.2, 0) is 16.0 Å². The SMILES string of the molecule is COC(=O)c1cccc(N(C)C(=O)CCc2n[nH]c3ncccc23)c1. The lowest BCUT2D eigenvalue weighted by molar-refractivity contribution is -0.118. The van der Waals surface area contributed by atoms with Crippen LogP contribution >= 0.6 is 0 Å². The zero-order chi connectivity index (χ0) is 17.8. The molecule has 7 nitrogen and oxygen atoms in total. The smallest absolute Gasteiger partial charge is 0.337 e. The number of esters is 1. The van der Waals surface area contributed by atoms with Crippen molar-refractivity contribution in [3.63, 3.8) is 0 Å². The molecule has 0 spiro atoms. The Morgan fingerprint density at radius 1 is 1.24 bits per heavy atom. The van der Waals surface area contributed by atoms with Gasteiger partial charge in [-0.05, 0) is 30.3 Å². The molecular weight excluding hydrogens is 320 g/mol. The summed E-state index contributed by atoms with van der Waals surface area (Å²) in [5.74, 6) is -0.500. The van der Waals surface area contributed by atoms with Gasteiger partial charge >= 0.3 is 5.97 Å². The Hall–Kier alpha value is -3.22. The molecule has 25 heavy (non-hydrogen) atoms. The molecular formula is C18H18N4O3. The van der Waals surface area contributed by atoms with E-state index in [9.17, 15) is 9.59 Å². The number of aryl methyl sites for hydroxylation is 1. The van der Waals surface area contributed by atoms with Crippen molar-refractivity contribution >= 4 is 28.6 Å². The lowest BCUT2D eigenvalue weighted by Gasteiger charge is -2.17. The van der Waals surface area contributed by atoms with Crippen molar-refractivity contribution in [3.05, 3.63) is 53.9 Å². The molecule has 1 N–H and O–H groups in total. The summed E-state index contributed by atoms with van der Waals surface area (Å²) in [6.45, 7) is 0. The molecule has 2 aromatic heterocycles. The van der Waals surface area contributed by atoms with Crippen LogP contribution in [0.15, 0.2) is 42.6 Å². The average molecular weight is 338 g/mol. The molecule has 0 fully saturated rings. The minimum atomic E-state index is -0.432. The van der Waals surface area contributed by atoms with Crippen molar-refractivity contribution in [2.24, 2.45) is 0 Å². The second-order valence-electron chi connectivity index (χ2n) is 5.56. The van der Waals surface area contributed by atoms with Gasteiger partial charge in [-0.1, -0.05) is 6.07 Å². The fourth-order valence-corrected chi connectivity index (χ4v) is 2.59. The van der Waals surface area contributed by atoms with E-state index in [1.807, 2.05) is 12.1 Å². The summed E-state index contributed by atoms with van der Waals surface area (Å²) >= 11 is 0. The lowest BCUT2D eigenvalue weighted by Crippen LogP contribution is -2.26. The minimum Gasteiger partial charge on any atom is -0.465 e. The van der Waals surface area contributed by atoms with Crippen molar-refractivity contribution in [1.29, 1.82) is 0 Å². The molecule has 0 atom stereocenters. The first-order valence-electron chi connectivity index (χ1n) is 7.83. The Kier molecular flexibility index (Phi) is 4.74. The number of anilines is 1. The third-order valence-corrected chi connectivity index (χ3v) is 4.02. The summed E-state index contributed by atoms with van der Waals surface area (Å²) in [6.07, 6.45) is 2.50. The van der Waals surface area contributed by atoms with E-state index in [4.69, 9.17) is 4.74 Å². The number of carbonyl (C=O) groups is 2. The Balaban J connectivity index is 1.70. The average Bonchev–Trinajstić information content (AvgIpc) is 3.08. The number of aromatic amines is 1. The fraction of sp³-hybridized carbons (Fsp3) is 0.222. The Morgan fingerprint density at radius 2 is 2.08 bits per heavy atom. The van der Waals surface area contributed by atoms with E-state index in [1.165, 1.54) is 12.0 Å². The number of carbonyl (C=O) groups excluding carboxylic acids is 2. The maximum atomic E-state index is 12.5. The highest BCUT2D eigenvalue weighted by Crippen LogP contribution is 2.18. The number of hydrogen-bond acceptors (Lipinski definition) is 5. The van der Waals surface area contributed by atoms with Gasteiger partial charge in [0.1, 0.15) is 0 Å². The summed E-state index contributed by atoms with van der Waals surface area (Å²) in [7, 11) is 3.01. The normalized spacial score (nSPS) is 10.6. The maximum absolute atomic E-state index is 12.5. The van der Waals surface area contributed by atoms with Gasteiger partial charge in [0.25, 0.3) is 0 Å². The summed E-state index contributed by atoms with van der Waals surface area (Å²) in [6, 6.07) is 10.5. The number of ether oxygens (including phenoxy) is 1. The molecule has 0 saturated carbocycles. The highest BCUT2D eigenvalue weighted by Gasteiger charge is 2.15. The molecule has 3 rings (SSSR count). The maximum Gasteiger partial charge on any atom is 0.337 e. The Labute approximate surface area is 144 Å². The summed E-state index contributed by atoms with van der Waals surface area (Å²) < 4.78 is 4.71. The van der Waals surface area contributed by atoms with E-state index >= 15 is 0 Å². The van der Waals surface area contributed by atoms with Crippen LogP contribution in [0.2, 0.25) is 0 Å². The molecule has 0 unspecified atom stereocenters. The number of fused-ring (bicyclic) bond motifs is 1. The van der Waals surface area contributed by atoms with Crippen LogP contribution in [0.25, 0.3) is 11.0 Å². The van der Waals surface area contributed by atoms with Gasteiger partial charge in [-0.25, -0.2) is 9.78 Å². The number of nitrogens with zero attached hydrogens (tertiary/aromatic N) is 3. The number of benzene rings is 1. The van der Waals surface area contributed by atoms with Gasteiger partial charge < -0.3 is 9.64 Å². The molecule has 0 bridgehead atoms. The molecule has 3 aromatic rings. The molecule has 128 valence electrons. The van der Waals surface area contributed by atoms with E-state index in [-0.39, 0.29) is 5.91 Å². The van der Waals surface area contributed by atoms with E-state index < -0.39 is 5.97 Å². The monoisotopic (exact) mass is 338 g/mol. The first-order valence-corrected chi connectivity index (χ1v) is 7.83. The van der Waals surface area contributed by atoms with E-state index in [0.717, 1.165) is 11.1 Å². The number of hydrogen-bond donors (Lipinski definition) is 1. The number of nitrogens with one attached hydrogen (secondary N) is 1. The molecule has 0 aliphatic rings. The summed E-state index contributed by atoms with van der Waals surface area (Å²) in [5.41, 5.74) is 2.57. The Morgan fingerprint density at radius 3 is 2.88 bits per heavy atom. The van der Waals surface area contributed by atoms with Crippen LogP contribution in [0.4, 0.5) is 5.69 Å². The molecule has 0 radical (unpaired) electrons. The van der Waals surface area contributed by atoms with Gasteiger partial charge in [-0.15, -0.1) is 0 Å². The van der Waals surface area contributed by atoms with Crippen molar-refractivity contribution < 1.29 is 14.3 Å². The van der Waals surface area contributed by atoms with Crippen LogP contribution in [0.5, 0.6) is 0 Å². The highest BCUT2D eigenvalue weighted by molar-refractivity contribution is 5.96. The predicted octanol–water partition coefficient (Wildman–Crippen LogP) is 2.34. The number of amides is 1. The largest absolute Gasteiger partial charge is 0.465 e. The van der Waals surface area contributed by atoms with Crippen LogP contribution in [0.1, 0.15) is 22.5 Å². The molecule has 1 amide bonds. The standard InChI is InChI=1S/C18H18N4O3/c1-22(13-6-3-5-12(11-13)18(24)25-2)16(23)9-8-15-14-7-4-10-19-17(14)21-20-15/h3-7,10-11H,8-9H2,1-2H3,(H,19,20,21). The third-order valence-electron chi connectivity index (χ3n) is 4.02. The summed E-state index contributed by atoms with van der Waals surface area (Å²) in [4.78, 5) is 29.8. The Bertz CT molecular complexity index is 919. The van der Waals surface area contributed by atoms with Gasteiger partial charge in [0.05, 0.1) is 18.4 Å². The fourth-order valence-electron chi connectivity index (χ4n) is 2.59. The van der Waals surface area contributed by atoms with Crippen LogP contribution in [0.3, 0.4) is 0 Å². The van der Waals surface area contributed by atoms with Crippen LogP contribution < -0.4 is 4.90 Å². The second-order valence-corrected chi connectivity index (χ2v) is 5.56. The van der Waals surface area contributed by atoms with Crippen LogP contribution in [0, 0.1) is 0 Å². The first kappa shape index (κ1) is 16.6. The van der Waals surface area contributed by atoms with Gasteiger partial charge in [0.2, 0.25) is 5.91 Å². The van der Waals surface area contributed by atoms with Crippen molar-refractivity contribution in [2.75, 3.05) is 19.1 Å². The van der Waals surface area contributed by atoms with Crippen molar-refractivity contribution in [2.45, 2.75) is 12.8 Å². The van der Waals surface area contributed by atoms with Crippen molar-refractivity contribution in [1.82, 2.24) is 15.2 Å². The number of aromatic nitrogens is 3. The third kappa shape index (κ3) is 3.50. The second kappa shape index (κ2) is 7.12. The van der Waals surface area contributed by atoms with Gasteiger partial charge in [-0.3, -0.25) is 9.89 Å². The molecule has 0 saturated heterocycles. The summed E-state index contributed by atoms with van der Waals surface area (Å²) in [5, 5.41) is 8.01. The van der Waals surface area contributed by atoms with Crippen molar-refractivity contribution in [3.8, 4) is 0 Å². The van der Waals surface area contributed by atoms with Gasteiger partial charge in [0.15, 0.2) is 5.65 Å². The van der Waals surface area contributed by atoms with Gasteiger partial charge in [-0.2, -0.15) is 5.10 Å². The first-order chi connectivity index (χ1) is 12.1. The number of methoxy groups -OCH3 is 1. The topological polar surface area (TPSA) is 88.2 Å². The molecule has 7 heteroatoms. The highest BCUT2D eigenvalue weighted by atomic mass is 16.5. The predicted molar refractivity (Wildman–Crippen MR) is 93.4 cm³/mol. The minimum absolute atomic E-state index is 0.0675. The zero-order valence-electron chi connectivity index (χ0n) is 14.0.